The van der Waals surface area contributed by atoms with E-state index in [2.05, 4.69) is 11.2 Å². The van der Waals surface area contributed by atoms with Crippen molar-refractivity contribution in [3.8, 4) is 12.3 Å². The predicted octanol–water partition coefficient (Wildman–Crippen LogP) is 3.40. The molecule has 10 heteroatoms. The molecule has 0 radical (unpaired) electrons. The van der Waals surface area contributed by atoms with Crippen LogP contribution in [0.3, 0.4) is 0 Å². The molecule has 37 heavy (non-hydrogen) atoms. The molecule has 1 N–H and O–H groups in total. The van der Waals surface area contributed by atoms with Gasteiger partial charge >= 0.3 is 0 Å². The zero-order chi connectivity index (χ0) is 26.6. The first-order chi connectivity index (χ1) is 17.7. The Balaban J connectivity index is 1.66. The molecule has 2 heterocycles. The van der Waals surface area contributed by atoms with Gasteiger partial charge in [-0.15, -0.1) is 6.42 Å². The summed E-state index contributed by atoms with van der Waals surface area (Å²) >= 11 is 0. The summed E-state index contributed by atoms with van der Waals surface area (Å²) < 4.78 is 70.5. The molecule has 2 aromatic rings. The number of amides is 1. The monoisotopic (exact) mass is 532 g/mol. The maximum absolute atomic E-state index is 15.5. The molecule has 0 bridgehead atoms. The number of hydrogen-bond donors (Lipinski definition) is 1. The fraction of sp³-hybridized carbons (Fsp3) is 0.444. The van der Waals surface area contributed by atoms with Gasteiger partial charge < -0.3 is 14.8 Å². The Morgan fingerprint density at radius 2 is 1.89 bits per heavy atom. The number of nitrogens with zero attached hydrogens (tertiary/aromatic N) is 1. The van der Waals surface area contributed by atoms with Crippen LogP contribution in [0.4, 0.5) is 8.78 Å². The molecule has 0 unspecified atom stereocenters. The van der Waals surface area contributed by atoms with Crippen molar-refractivity contribution in [2.45, 2.75) is 49.1 Å². The summed E-state index contributed by atoms with van der Waals surface area (Å²) in [5.41, 5.74) is -0.782. The summed E-state index contributed by atoms with van der Waals surface area (Å²) in [5, 5.41) is 1.62. The summed E-state index contributed by atoms with van der Waals surface area (Å²) in [6.07, 6.45) is 6.84. The van der Waals surface area contributed by atoms with Gasteiger partial charge in [0.15, 0.2) is 0 Å². The largest absolute Gasteiger partial charge is 0.381 e. The predicted molar refractivity (Wildman–Crippen MR) is 134 cm³/mol. The van der Waals surface area contributed by atoms with E-state index in [1.54, 1.807) is 30.3 Å². The van der Waals surface area contributed by atoms with Gasteiger partial charge in [0.1, 0.15) is 29.1 Å². The third kappa shape index (κ3) is 5.55. The number of terminal acetylenes is 1. The van der Waals surface area contributed by atoms with Crippen molar-refractivity contribution in [3.05, 3.63) is 70.8 Å². The Morgan fingerprint density at radius 1 is 1.19 bits per heavy atom. The highest BCUT2D eigenvalue weighted by atomic mass is 32.2. The van der Waals surface area contributed by atoms with E-state index in [9.17, 15) is 13.2 Å². The minimum absolute atomic E-state index is 0.0295. The fourth-order valence-electron chi connectivity index (χ4n) is 5.01. The number of rotatable bonds is 7. The average Bonchev–Trinajstić information content (AvgIpc) is 2.90. The van der Waals surface area contributed by atoms with E-state index in [1.165, 1.54) is 7.05 Å². The molecule has 2 atom stereocenters. The first-order valence-corrected chi connectivity index (χ1v) is 13.6. The number of hydrogen-bond acceptors (Lipinski definition) is 5. The van der Waals surface area contributed by atoms with Crippen LogP contribution >= 0.6 is 0 Å². The van der Waals surface area contributed by atoms with Crippen molar-refractivity contribution in [3.63, 3.8) is 0 Å². The number of halogens is 2. The number of nitrogens with one attached hydrogen (secondary N) is 1. The van der Waals surface area contributed by atoms with E-state index in [0.717, 1.165) is 16.4 Å². The summed E-state index contributed by atoms with van der Waals surface area (Å²) in [5.74, 6) is 0.573. The lowest BCUT2D eigenvalue weighted by Gasteiger charge is -2.38. The second-order valence-corrected chi connectivity index (χ2v) is 11.3. The molecule has 198 valence electrons. The summed E-state index contributed by atoms with van der Waals surface area (Å²) in [6.45, 7) is -0.213. The standard InChI is InChI=1S/C27H30F2N2O5S/c1-3-21-9-10-25(19-7-5-4-6-8-19)37(33,34)31(21)17-20-15-24(29)22(16-23(20)28)27(11-13-35-14-12-27)36-18-26(32)30-2/h1,4-8,15-16,21,25H,9-14,17-18H2,2H3,(H,30,32)/t21-,25+/m0/s1. The maximum Gasteiger partial charge on any atom is 0.245 e. The quantitative estimate of drug-likeness (QED) is 0.553. The third-order valence-corrected chi connectivity index (χ3v) is 9.38. The van der Waals surface area contributed by atoms with Crippen molar-refractivity contribution in [1.82, 2.24) is 9.62 Å². The number of ether oxygens (including phenoxy) is 2. The molecule has 2 aromatic carbocycles. The van der Waals surface area contributed by atoms with Gasteiger partial charge in [-0.1, -0.05) is 36.3 Å². The molecule has 2 aliphatic heterocycles. The second-order valence-electron chi connectivity index (χ2n) is 9.24. The Morgan fingerprint density at radius 3 is 2.54 bits per heavy atom. The van der Waals surface area contributed by atoms with Crippen LogP contribution in [0.15, 0.2) is 42.5 Å². The zero-order valence-corrected chi connectivity index (χ0v) is 21.4. The van der Waals surface area contributed by atoms with Crippen molar-refractivity contribution in [1.29, 1.82) is 0 Å². The van der Waals surface area contributed by atoms with Gasteiger partial charge in [0.05, 0.1) is 6.04 Å². The van der Waals surface area contributed by atoms with Crippen molar-refractivity contribution < 1.29 is 31.5 Å². The second kappa shape index (κ2) is 11.3. The first kappa shape index (κ1) is 27.2. The SMILES string of the molecule is C#C[C@H]1CC[C@H](c2ccccc2)S(=O)(=O)N1Cc1cc(F)c(C2(OCC(=O)NC)CCOCC2)cc1F. The molecule has 0 aliphatic carbocycles. The van der Waals surface area contributed by atoms with Crippen molar-refractivity contribution in [2.75, 3.05) is 26.9 Å². The normalized spacial score (nSPS) is 23.2. The summed E-state index contributed by atoms with van der Waals surface area (Å²) in [4.78, 5) is 11.8. The molecule has 2 saturated heterocycles. The molecular formula is C27H30F2N2O5S. The van der Waals surface area contributed by atoms with Crippen LogP contribution in [0.2, 0.25) is 0 Å². The van der Waals surface area contributed by atoms with E-state index in [4.69, 9.17) is 15.9 Å². The highest BCUT2D eigenvalue weighted by Gasteiger charge is 2.43. The van der Waals surface area contributed by atoms with Crippen LogP contribution in [-0.2, 0) is 36.4 Å². The Hall–Kier alpha value is -2.84. The van der Waals surface area contributed by atoms with Gasteiger partial charge in [-0.25, -0.2) is 17.2 Å². The molecule has 4 rings (SSSR count). The maximum atomic E-state index is 15.5. The van der Waals surface area contributed by atoms with Gasteiger partial charge in [-0.2, -0.15) is 4.31 Å². The fourth-order valence-corrected chi connectivity index (χ4v) is 7.11. The molecule has 0 saturated carbocycles. The molecular weight excluding hydrogens is 502 g/mol. The van der Waals surface area contributed by atoms with Crippen LogP contribution in [0.1, 0.15) is 47.6 Å². The van der Waals surface area contributed by atoms with E-state index >= 15 is 8.78 Å². The zero-order valence-electron chi connectivity index (χ0n) is 20.6. The lowest BCUT2D eigenvalue weighted by Crippen LogP contribution is -2.45. The number of likely N-dealkylation sites (N-methyl/N-ethyl adjacent to an activating group) is 1. The van der Waals surface area contributed by atoms with Crippen LogP contribution in [0.25, 0.3) is 0 Å². The molecule has 2 fully saturated rings. The van der Waals surface area contributed by atoms with Gasteiger partial charge in [0, 0.05) is 50.8 Å². The molecule has 0 spiro atoms. The Bertz CT molecular complexity index is 1270. The molecule has 1 amide bonds. The van der Waals surface area contributed by atoms with E-state index < -0.39 is 51.0 Å². The number of carbonyl (C=O) groups excluding carboxylic acids is 1. The summed E-state index contributed by atoms with van der Waals surface area (Å²) in [6, 6.07) is 10.0. The highest BCUT2D eigenvalue weighted by molar-refractivity contribution is 7.89. The van der Waals surface area contributed by atoms with Gasteiger partial charge in [-0.05, 0) is 30.5 Å². The van der Waals surface area contributed by atoms with Gasteiger partial charge in [0.2, 0.25) is 15.9 Å². The van der Waals surface area contributed by atoms with Crippen LogP contribution in [0.5, 0.6) is 0 Å². The number of benzene rings is 2. The van der Waals surface area contributed by atoms with Gasteiger partial charge in [-0.3, -0.25) is 4.79 Å². The molecule has 7 nitrogen and oxygen atoms in total. The number of sulfonamides is 1. The Labute approximate surface area is 216 Å². The van der Waals surface area contributed by atoms with Gasteiger partial charge in [0.25, 0.3) is 0 Å². The van der Waals surface area contributed by atoms with Crippen LogP contribution in [0, 0.1) is 24.0 Å². The highest BCUT2D eigenvalue weighted by Crippen LogP contribution is 2.41. The first-order valence-electron chi connectivity index (χ1n) is 12.1. The third-order valence-electron chi connectivity index (χ3n) is 7.11. The van der Waals surface area contributed by atoms with E-state index in [-0.39, 0.29) is 43.8 Å². The Kier molecular flexibility index (Phi) is 8.29. The van der Waals surface area contributed by atoms with Crippen molar-refractivity contribution in [2.24, 2.45) is 0 Å². The van der Waals surface area contributed by atoms with Crippen LogP contribution < -0.4 is 5.32 Å². The van der Waals surface area contributed by atoms with E-state index in [1.807, 2.05) is 0 Å². The lowest BCUT2D eigenvalue weighted by atomic mass is 9.85. The lowest BCUT2D eigenvalue weighted by molar-refractivity contribution is -0.146. The smallest absolute Gasteiger partial charge is 0.245 e. The topological polar surface area (TPSA) is 84.9 Å². The van der Waals surface area contributed by atoms with E-state index in [0.29, 0.717) is 18.4 Å². The van der Waals surface area contributed by atoms with Crippen molar-refractivity contribution >= 4 is 15.9 Å². The molecule has 2 aliphatic rings. The minimum atomic E-state index is -3.95. The summed E-state index contributed by atoms with van der Waals surface area (Å²) in [7, 11) is -2.50. The number of carbonyl (C=O) groups is 1. The average molecular weight is 533 g/mol. The van der Waals surface area contributed by atoms with Crippen LogP contribution in [-0.4, -0.2) is 51.5 Å². The minimum Gasteiger partial charge on any atom is -0.381 e. The molecule has 0 aromatic heterocycles.